The number of hydrogen-bond acceptors (Lipinski definition) is 2. The van der Waals surface area contributed by atoms with E-state index in [1.807, 2.05) is 16.8 Å². The summed E-state index contributed by atoms with van der Waals surface area (Å²) in [5.74, 6) is 0. The normalized spacial score (nSPS) is 10.2. The fourth-order valence-corrected chi connectivity index (χ4v) is 1.34. The summed E-state index contributed by atoms with van der Waals surface area (Å²) < 4.78 is 1.84. The van der Waals surface area contributed by atoms with Gasteiger partial charge >= 0.3 is 0 Å². The molecule has 4 heteroatoms. The average Bonchev–Trinajstić information content (AvgIpc) is 2.56. The van der Waals surface area contributed by atoms with Crippen LogP contribution in [0.25, 0.3) is 5.69 Å². The van der Waals surface area contributed by atoms with Gasteiger partial charge in [0.2, 0.25) is 0 Å². The van der Waals surface area contributed by atoms with Crippen molar-refractivity contribution in [1.82, 2.24) is 9.55 Å². The number of halogens is 1. The summed E-state index contributed by atoms with van der Waals surface area (Å²) in [5, 5.41) is 0.640. The van der Waals surface area contributed by atoms with Gasteiger partial charge in [-0.15, -0.1) is 0 Å². The van der Waals surface area contributed by atoms with Crippen molar-refractivity contribution in [2.45, 2.75) is 0 Å². The molecule has 0 bridgehead atoms. The smallest absolute Gasteiger partial charge is 0.0992 e. The summed E-state index contributed by atoms with van der Waals surface area (Å²) >= 11 is 5.77. The second kappa shape index (κ2) is 3.11. The van der Waals surface area contributed by atoms with Gasteiger partial charge in [-0.2, -0.15) is 0 Å². The Balaban J connectivity index is 2.53. The van der Waals surface area contributed by atoms with Gasteiger partial charge in [-0.3, -0.25) is 0 Å². The van der Waals surface area contributed by atoms with Crippen LogP contribution < -0.4 is 5.73 Å². The molecule has 2 N–H and O–H groups in total. The highest BCUT2D eigenvalue weighted by atomic mass is 35.5. The van der Waals surface area contributed by atoms with Gasteiger partial charge in [-0.05, 0) is 18.2 Å². The maximum absolute atomic E-state index is 5.78. The summed E-state index contributed by atoms with van der Waals surface area (Å²) in [5.41, 5.74) is 7.31. The van der Waals surface area contributed by atoms with Crippen LogP contribution in [0.15, 0.2) is 36.9 Å². The topological polar surface area (TPSA) is 43.8 Å². The lowest BCUT2D eigenvalue weighted by Gasteiger charge is -2.05. The van der Waals surface area contributed by atoms with E-state index in [2.05, 4.69) is 4.98 Å². The van der Waals surface area contributed by atoms with Crippen molar-refractivity contribution in [3.05, 3.63) is 41.9 Å². The molecule has 0 amide bonds. The molecule has 1 heterocycles. The molecule has 0 atom stereocenters. The second-order valence-corrected chi connectivity index (χ2v) is 3.11. The molecule has 0 aliphatic rings. The van der Waals surface area contributed by atoms with Crippen molar-refractivity contribution >= 4 is 17.3 Å². The predicted molar refractivity (Wildman–Crippen MR) is 53.0 cm³/mol. The molecule has 0 aliphatic heterocycles. The monoisotopic (exact) mass is 193 g/mol. The van der Waals surface area contributed by atoms with E-state index in [4.69, 9.17) is 17.3 Å². The first kappa shape index (κ1) is 8.13. The fraction of sp³-hybridized carbons (Fsp3) is 0. The van der Waals surface area contributed by atoms with Gasteiger partial charge in [0.05, 0.1) is 17.7 Å². The van der Waals surface area contributed by atoms with E-state index >= 15 is 0 Å². The number of aromatic nitrogens is 2. The minimum atomic E-state index is 0.640. The maximum atomic E-state index is 5.78. The SMILES string of the molecule is Nc1cc(Cl)ccc1-n1ccnc1. The lowest BCUT2D eigenvalue weighted by molar-refractivity contribution is 1.06. The van der Waals surface area contributed by atoms with Crippen molar-refractivity contribution in [3.63, 3.8) is 0 Å². The summed E-state index contributed by atoms with van der Waals surface area (Å²) in [7, 11) is 0. The molecule has 66 valence electrons. The summed E-state index contributed by atoms with van der Waals surface area (Å²) in [6.07, 6.45) is 5.23. The average molecular weight is 194 g/mol. The molecule has 0 aliphatic carbocycles. The van der Waals surface area contributed by atoms with Crippen molar-refractivity contribution in [2.24, 2.45) is 0 Å². The Morgan fingerprint density at radius 1 is 1.38 bits per heavy atom. The first-order valence-corrected chi connectivity index (χ1v) is 4.18. The zero-order valence-electron chi connectivity index (χ0n) is 6.81. The van der Waals surface area contributed by atoms with Gasteiger partial charge < -0.3 is 10.3 Å². The minimum absolute atomic E-state index is 0.640. The highest BCUT2D eigenvalue weighted by Gasteiger charge is 2.00. The Morgan fingerprint density at radius 2 is 2.23 bits per heavy atom. The number of rotatable bonds is 1. The molecular weight excluding hydrogens is 186 g/mol. The van der Waals surface area contributed by atoms with Crippen LogP contribution in [0.4, 0.5) is 5.69 Å². The number of imidazole rings is 1. The van der Waals surface area contributed by atoms with Crippen LogP contribution in [-0.2, 0) is 0 Å². The molecule has 0 radical (unpaired) electrons. The Labute approximate surface area is 80.8 Å². The molecule has 3 nitrogen and oxygen atoms in total. The van der Waals surface area contributed by atoms with Crippen LogP contribution in [0.2, 0.25) is 5.02 Å². The van der Waals surface area contributed by atoms with Gasteiger partial charge in [-0.25, -0.2) is 4.98 Å². The van der Waals surface area contributed by atoms with Crippen LogP contribution >= 0.6 is 11.6 Å². The highest BCUT2D eigenvalue weighted by molar-refractivity contribution is 6.30. The second-order valence-electron chi connectivity index (χ2n) is 2.67. The van der Waals surface area contributed by atoms with E-state index in [0.29, 0.717) is 10.7 Å². The standard InChI is InChI=1S/C9H8ClN3/c10-7-1-2-9(8(11)5-7)13-4-3-12-6-13/h1-6H,11H2. The molecule has 2 aromatic rings. The molecule has 0 fully saturated rings. The van der Waals surface area contributed by atoms with E-state index in [9.17, 15) is 0 Å². The highest BCUT2D eigenvalue weighted by Crippen LogP contribution is 2.20. The van der Waals surface area contributed by atoms with Crippen LogP contribution in [0.5, 0.6) is 0 Å². The van der Waals surface area contributed by atoms with E-state index < -0.39 is 0 Å². The molecule has 2 rings (SSSR count). The minimum Gasteiger partial charge on any atom is -0.397 e. The molecule has 0 spiro atoms. The zero-order valence-corrected chi connectivity index (χ0v) is 7.57. The zero-order chi connectivity index (χ0) is 9.26. The Morgan fingerprint density at radius 3 is 2.85 bits per heavy atom. The largest absolute Gasteiger partial charge is 0.397 e. The third-order valence-electron chi connectivity index (χ3n) is 1.77. The number of nitrogen functional groups attached to an aromatic ring is 1. The van der Waals surface area contributed by atoms with E-state index in [0.717, 1.165) is 5.69 Å². The molecule has 0 unspecified atom stereocenters. The first-order chi connectivity index (χ1) is 6.27. The Hall–Kier alpha value is -1.48. The van der Waals surface area contributed by atoms with Crippen LogP contribution in [0, 0.1) is 0 Å². The van der Waals surface area contributed by atoms with Crippen molar-refractivity contribution < 1.29 is 0 Å². The quantitative estimate of drug-likeness (QED) is 0.705. The van der Waals surface area contributed by atoms with Crippen molar-refractivity contribution in [2.75, 3.05) is 5.73 Å². The first-order valence-electron chi connectivity index (χ1n) is 3.81. The summed E-state index contributed by atoms with van der Waals surface area (Å²) in [6.45, 7) is 0. The maximum Gasteiger partial charge on any atom is 0.0992 e. The van der Waals surface area contributed by atoms with Gasteiger partial charge in [0.1, 0.15) is 0 Å². The van der Waals surface area contributed by atoms with Crippen molar-refractivity contribution in [1.29, 1.82) is 0 Å². The molecular formula is C9H8ClN3. The summed E-state index contributed by atoms with van der Waals surface area (Å²) in [4.78, 5) is 3.94. The van der Waals surface area contributed by atoms with Crippen molar-refractivity contribution in [3.8, 4) is 5.69 Å². The molecule has 13 heavy (non-hydrogen) atoms. The lowest BCUT2D eigenvalue weighted by Crippen LogP contribution is -1.96. The molecule has 1 aromatic carbocycles. The predicted octanol–water partition coefficient (Wildman–Crippen LogP) is 2.11. The van der Waals surface area contributed by atoms with Gasteiger partial charge in [0.15, 0.2) is 0 Å². The van der Waals surface area contributed by atoms with E-state index in [1.165, 1.54) is 0 Å². The van der Waals surface area contributed by atoms with E-state index in [-0.39, 0.29) is 0 Å². The number of benzene rings is 1. The fourth-order valence-electron chi connectivity index (χ4n) is 1.16. The van der Waals surface area contributed by atoms with E-state index in [1.54, 1.807) is 24.7 Å². The number of hydrogen-bond donors (Lipinski definition) is 1. The molecule has 0 saturated carbocycles. The number of nitrogens with two attached hydrogens (primary N) is 1. The Bertz CT molecular complexity index is 409. The van der Waals surface area contributed by atoms with Crippen LogP contribution in [-0.4, -0.2) is 9.55 Å². The summed E-state index contributed by atoms with van der Waals surface area (Å²) in [6, 6.07) is 5.38. The number of nitrogens with zero attached hydrogens (tertiary/aromatic N) is 2. The lowest BCUT2D eigenvalue weighted by atomic mass is 10.2. The van der Waals surface area contributed by atoms with Gasteiger partial charge in [0.25, 0.3) is 0 Å². The number of anilines is 1. The third kappa shape index (κ3) is 1.51. The van der Waals surface area contributed by atoms with Gasteiger partial charge in [0, 0.05) is 17.4 Å². The Kier molecular flexibility index (Phi) is 1.94. The van der Waals surface area contributed by atoms with Gasteiger partial charge in [-0.1, -0.05) is 11.6 Å². The third-order valence-corrected chi connectivity index (χ3v) is 2.01. The van der Waals surface area contributed by atoms with Crippen LogP contribution in [0.3, 0.4) is 0 Å². The van der Waals surface area contributed by atoms with Crippen LogP contribution in [0.1, 0.15) is 0 Å². The molecule has 1 aromatic heterocycles. The molecule has 0 saturated heterocycles.